The van der Waals surface area contributed by atoms with Crippen molar-refractivity contribution in [3.05, 3.63) is 53.8 Å². The zero-order valence-electron chi connectivity index (χ0n) is 15.5. The lowest BCUT2D eigenvalue weighted by Crippen LogP contribution is -2.18. The Bertz CT molecular complexity index is 784. The van der Waals surface area contributed by atoms with Gasteiger partial charge in [0.15, 0.2) is 0 Å². The number of nitrogens with zero attached hydrogens (tertiary/aromatic N) is 1. The topological polar surface area (TPSA) is 12.4 Å². The lowest BCUT2D eigenvalue weighted by atomic mass is 9.73. The van der Waals surface area contributed by atoms with Gasteiger partial charge in [0, 0.05) is 0 Å². The zero-order valence-corrected chi connectivity index (χ0v) is 16.4. The summed E-state index contributed by atoms with van der Waals surface area (Å²) in [5.41, 5.74) is 3.49. The third-order valence-corrected chi connectivity index (χ3v) is 6.15. The number of hydrogen-bond donors (Lipinski definition) is 0. The van der Waals surface area contributed by atoms with Crippen molar-refractivity contribution in [1.29, 1.82) is 0 Å². The molecule has 1 unspecified atom stereocenters. The molecule has 1 fully saturated rings. The molecular weight excluding hydrogens is 341 g/mol. The minimum absolute atomic E-state index is 0.233. The first-order valence-corrected chi connectivity index (χ1v) is 10.0. The first-order valence-electron chi connectivity index (χ1n) is 9.60. The molecule has 26 heavy (non-hydrogen) atoms. The molecule has 3 rings (SSSR count). The van der Waals surface area contributed by atoms with Crippen molar-refractivity contribution >= 4 is 23.1 Å². The van der Waals surface area contributed by atoms with E-state index in [9.17, 15) is 4.39 Å². The fourth-order valence-electron chi connectivity index (χ4n) is 4.17. The Morgan fingerprint density at radius 3 is 2.31 bits per heavy atom. The lowest BCUT2D eigenvalue weighted by molar-refractivity contribution is 0.244. The van der Waals surface area contributed by atoms with E-state index in [0.717, 1.165) is 23.0 Å². The minimum Gasteiger partial charge on any atom is -0.205 e. The van der Waals surface area contributed by atoms with Crippen molar-refractivity contribution in [1.82, 2.24) is 0 Å². The molecule has 2 aromatic rings. The lowest BCUT2D eigenvalue weighted by Gasteiger charge is -2.32. The normalized spacial score (nSPS) is 21.0. The van der Waals surface area contributed by atoms with E-state index in [1.54, 1.807) is 6.07 Å². The quantitative estimate of drug-likeness (QED) is 0.392. The molecule has 2 aromatic carbocycles. The number of aliphatic imine (C=N–C) groups is 1. The van der Waals surface area contributed by atoms with Gasteiger partial charge in [0.1, 0.15) is 11.5 Å². The molecule has 1 atom stereocenters. The summed E-state index contributed by atoms with van der Waals surface area (Å²) in [4.78, 5) is 3.73. The fraction of sp³-hybridized carbons (Fsp3) is 0.435. The molecule has 0 radical (unpaired) electrons. The Kier molecular flexibility index (Phi) is 6.34. The van der Waals surface area contributed by atoms with Gasteiger partial charge in [-0.05, 0) is 71.6 Å². The van der Waals surface area contributed by atoms with Crippen LogP contribution in [0, 0.1) is 17.7 Å². The van der Waals surface area contributed by atoms with E-state index in [2.05, 4.69) is 60.5 Å². The van der Waals surface area contributed by atoms with Gasteiger partial charge in [-0.3, -0.25) is 0 Å². The summed E-state index contributed by atoms with van der Waals surface area (Å²) in [6.07, 6.45) is 6.75. The number of benzene rings is 2. The van der Waals surface area contributed by atoms with Crippen LogP contribution in [0.5, 0.6) is 0 Å². The zero-order chi connectivity index (χ0) is 18.5. The molecule has 1 nitrogen and oxygen atoms in total. The number of hydrogen-bond acceptors (Lipinski definition) is 2. The van der Waals surface area contributed by atoms with Crippen molar-refractivity contribution in [2.45, 2.75) is 51.9 Å². The van der Waals surface area contributed by atoms with Crippen LogP contribution in [0.1, 0.15) is 57.4 Å². The highest BCUT2D eigenvalue weighted by atomic mass is 32.1. The molecule has 0 N–H and O–H groups in total. The van der Waals surface area contributed by atoms with Crippen LogP contribution in [0.25, 0.3) is 11.1 Å². The molecule has 0 heterocycles. The highest BCUT2D eigenvalue weighted by Crippen LogP contribution is 2.39. The number of rotatable bonds is 5. The molecule has 0 aliphatic heterocycles. The molecule has 136 valence electrons. The maximum absolute atomic E-state index is 14.1. The average Bonchev–Trinajstić information content (AvgIpc) is 2.69. The van der Waals surface area contributed by atoms with E-state index in [4.69, 9.17) is 0 Å². The van der Waals surface area contributed by atoms with Crippen LogP contribution in [-0.4, -0.2) is 5.16 Å². The Balaban J connectivity index is 1.72. The van der Waals surface area contributed by atoms with Gasteiger partial charge in [-0.15, -0.1) is 0 Å². The summed E-state index contributed by atoms with van der Waals surface area (Å²) in [6, 6.07) is 13.6. The highest BCUT2D eigenvalue weighted by molar-refractivity contribution is 7.78. The van der Waals surface area contributed by atoms with E-state index in [1.165, 1.54) is 43.7 Å². The van der Waals surface area contributed by atoms with Crippen LogP contribution in [-0.2, 0) is 0 Å². The Hall–Kier alpha value is -1.83. The number of isothiocyanates is 1. The minimum atomic E-state index is -0.370. The van der Waals surface area contributed by atoms with E-state index in [1.807, 2.05) is 6.07 Å². The SMILES string of the molecule is CCC1CCC(C(C)c2ccc(-c3ccc(N=C=S)c(F)c3)cc2)CC1. The van der Waals surface area contributed by atoms with Crippen LogP contribution in [0.4, 0.5) is 10.1 Å². The maximum atomic E-state index is 14.1. The molecule has 1 aliphatic carbocycles. The van der Waals surface area contributed by atoms with Crippen LogP contribution in [0.3, 0.4) is 0 Å². The molecule has 0 amide bonds. The van der Waals surface area contributed by atoms with E-state index in [-0.39, 0.29) is 11.5 Å². The van der Waals surface area contributed by atoms with Crippen LogP contribution in [0.2, 0.25) is 0 Å². The molecule has 0 saturated heterocycles. The summed E-state index contributed by atoms with van der Waals surface area (Å²) in [5, 5.41) is 2.21. The van der Waals surface area contributed by atoms with Crippen LogP contribution >= 0.6 is 12.2 Å². The molecule has 0 spiro atoms. The Labute approximate surface area is 161 Å². The molecule has 0 bridgehead atoms. The van der Waals surface area contributed by atoms with Crippen LogP contribution < -0.4 is 0 Å². The summed E-state index contributed by atoms with van der Waals surface area (Å²) in [5.74, 6) is 1.93. The van der Waals surface area contributed by atoms with E-state index < -0.39 is 0 Å². The maximum Gasteiger partial charge on any atom is 0.150 e. The van der Waals surface area contributed by atoms with Gasteiger partial charge in [0.2, 0.25) is 0 Å². The second kappa shape index (κ2) is 8.70. The first kappa shape index (κ1) is 18.9. The van der Waals surface area contributed by atoms with Crippen molar-refractivity contribution in [2.75, 3.05) is 0 Å². The molecule has 1 saturated carbocycles. The summed E-state index contributed by atoms with van der Waals surface area (Å²) < 4.78 is 14.1. The summed E-state index contributed by atoms with van der Waals surface area (Å²) >= 11 is 4.54. The molecular formula is C23H26FNS. The van der Waals surface area contributed by atoms with Crippen molar-refractivity contribution in [2.24, 2.45) is 16.8 Å². The van der Waals surface area contributed by atoms with Gasteiger partial charge in [0.25, 0.3) is 0 Å². The Morgan fingerprint density at radius 2 is 1.73 bits per heavy atom. The average molecular weight is 368 g/mol. The van der Waals surface area contributed by atoms with Gasteiger partial charge in [0.05, 0.1) is 5.16 Å². The predicted molar refractivity (Wildman–Crippen MR) is 111 cm³/mol. The third kappa shape index (κ3) is 4.28. The molecule has 0 aromatic heterocycles. The summed E-state index contributed by atoms with van der Waals surface area (Å²) in [6.45, 7) is 4.66. The van der Waals surface area contributed by atoms with E-state index >= 15 is 0 Å². The Morgan fingerprint density at radius 1 is 1.08 bits per heavy atom. The van der Waals surface area contributed by atoms with Gasteiger partial charge in [-0.25, -0.2) is 4.39 Å². The van der Waals surface area contributed by atoms with E-state index in [0.29, 0.717) is 5.92 Å². The van der Waals surface area contributed by atoms with Crippen molar-refractivity contribution < 1.29 is 4.39 Å². The van der Waals surface area contributed by atoms with Gasteiger partial charge in [-0.2, -0.15) is 4.99 Å². The highest BCUT2D eigenvalue weighted by Gasteiger charge is 2.25. The third-order valence-electron chi connectivity index (χ3n) is 6.06. The number of halogens is 1. The number of thiocarbonyl (C=S) groups is 1. The van der Waals surface area contributed by atoms with Crippen molar-refractivity contribution in [3.63, 3.8) is 0 Å². The van der Waals surface area contributed by atoms with Gasteiger partial charge in [-0.1, -0.05) is 63.4 Å². The smallest absolute Gasteiger partial charge is 0.150 e. The predicted octanol–water partition coefficient (Wildman–Crippen LogP) is 7.55. The second-order valence-electron chi connectivity index (χ2n) is 7.47. The molecule has 1 aliphatic rings. The second-order valence-corrected chi connectivity index (χ2v) is 7.65. The first-order chi connectivity index (χ1) is 12.6. The monoisotopic (exact) mass is 367 g/mol. The van der Waals surface area contributed by atoms with Gasteiger partial charge >= 0.3 is 0 Å². The summed E-state index contributed by atoms with van der Waals surface area (Å²) in [7, 11) is 0. The van der Waals surface area contributed by atoms with Gasteiger partial charge < -0.3 is 0 Å². The molecule has 3 heteroatoms. The van der Waals surface area contributed by atoms with Crippen molar-refractivity contribution in [3.8, 4) is 11.1 Å². The largest absolute Gasteiger partial charge is 0.205 e. The fourth-order valence-corrected chi connectivity index (χ4v) is 4.27. The standard InChI is InChI=1S/C23H26FNS/c1-3-17-4-6-18(7-5-17)16(2)19-8-10-20(11-9-19)21-12-13-23(25-15-26)22(24)14-21/h8-14,16-18H,3-7H2,1-2H3. The van der Waals surface area contributed by atoms with Crippen LogP contribution in [0.15, 0.2) is 47.5 Å².